The smallest absolute Gasteiger partial charge is 0.230 e. The number of hydrogen-bond acceptors (Lipinski definition) is 6. The lowest BCUT2D eigenvalue weighted by Crippen LogP contribution is -2.44. The van der Waals surface area contributed by atoms with Crippen LogP contribution in [0.1, 0.15) is 25.0 Å². The molecular weight excluding hydrogens is 458 g/mol. The maximum Gasteiger partial charge on any atom is 0.230 e. The molecule has 2 atom stereocenters. The van der Waals surface area contributed by atoms with E-state index in [0.717, 1.165) is 30.9 Å². The number of morpholine rings is 1. The number of nitrogens with one attached hydrogen (secondary N) is 1. The van der Waals surface area contributed by atoms with Crippen LogP contribution in [0, 0.1) is 0 Å². The van der Waals surface area contributed by atoms with Gasteiger partial charge >= 0.3 is 0 Å². The van der Waals surface area contributed by atoms with Crippen molar-refractivity contribution in [2.24, 2.45) is 0 Å². The third kappa shape index (κ3) is 6.80. The van der Waals surface area contributed by atoms with Crippen LogP contribution in [0.25, 0.3) is 5.69 Å². The monoisotopic (exact) mass is 485 g/mol. The number of thioether (sulfide) groups is 1. The molecule has 9 heteroatoms. The molecule has 174 valence electrons. The van der Waals surface area contributed by atoms with Crippen LogP contribution >= 0.6 is 23.4 Å². The van der Waals surface area contributed by atoms with Crippen molar-refractivity contribution in [2.75, 3.05) is 18.8 Å². The quantitative estimate of drug-likeness (QED) is 0.487. The number of ether oxygens (including phenoxy) is 1. The van der Waals surface area contributed by atoms with Crippen LogP contribution in [0.2, 0.25) is 5.02 Å². The third-order valence-corrected chi connectivity index (χ3v) is 6.53. The average molecular weight is 486 g/mol. The number of benzene rings is 2. The first kappa shape index (κ1) is 23.8. The largest absolute Gasteiger partial charge is 0.373 e. The van der Waals surface area contributed by atoms with Gasteiger partial charge in [-0.05, 0) is 43.2 Å². The fourth-order valence-electron chi connectivity index (χ4n) is 3.94. The second kappa shape index (κ2) is 11.2. The standard InChI is InChI=1S/C24H28ClN5O2S/c1-17-12-29(13-18(2)32-17)14-20-8-6-19(7-9-20)11-26-23(31)15-33-24-28-27-16-30(24)22-5-3-4-21(25)10-22/h3-10,16-18H,11-15H2,1-2H3,(H,26,31). The Hall–Kier alpha value is -2.39. The lowest BCUT2D eigenvalue weighted by atomic mass is 10.1. The van der Waals surface area contributed by atoms with Crippen molar-refractivity contribution in [3.05, 3.63) is 71.0 Å². The maximum absolute atomic E-state index is 12.4. The van der Waals surface area contributed by atoms with Crippen molar-refractivity contribution >= 4 is 29.3 Å². The van der Waals surface area contributed by atoms with Gasteiger partial charge < -0.3 is 10.1 Å². The molecule has 33 heavy (non-hydrogen) atoms. The molecule has 1 aromatic heterocycles. The minimum Gasteiger partial charge on any atom is -0.373 e. The van der Waals surface area contributed by atoms with E-state index in [1.54, 1.807) is 6.33 Å². The summed E-state index contributed by atoms with van der Waals surface area (Å²) in [5.74, 6) is 0.200. The Bertz CT molecular complexity index is 1060. The molecule has 2 heterocycles. The Balaban J connectivity index is 1.24. The molecule has 0 aliphatic carbocycles. The summed E-state index contributed by atoms with van der Waals surface area (Å²) < 4.78 is 7.63. The Morgan fingerprint density at radius 2 is 1.88 bits per heavy atom. The maximum atomic E-state index is 12.4. The predicted octanol–water partition coefficient (Wildman–Crippen LogP) is 3.94. The molecule has 0 spiro atoms. The number of rotatable bonds is 8. The highest BCUT2D eigenvalue weighted by molar-refractivity contribution is 7.99. The zero-order valence-electron chi connectivity index (χ0n) is 18.8. The molecule has 1 aliphatic heterocycles. The third-order valence-electron chi connectivity index (χ3n) is 5.35. The Morgan fingerprint density at radius 1 is 1.15 bits per heavy atom. The molecule has 0 saturated carbocycles. The van der Waals surface area contributed by atoms with Crippen molar-refractivity contribution in [3.63, 3.8) is 0 Å². The zero-order chi connectivity index (χ0) is 23.2. The lowest BCUT2D eigenvalue weighted by molar-refractivity contribution is -0.118. The van der Waals surface area contributed by atoms with Gasteiger partial charge in [0.15, 0.2) is 5.16 Å². The molecule has 3 aromatic rings. The van der Waals surface area contributed by atoms with E-state index in [9.17, 15) is 4.79 Å². The summed E-state index contributed by atoms with van der Waals surface area (Å²) >= 11 is 7.42. The van der Waals surface area contributed by atoms with Gasteiger partial charge in [0.2, 0.25) is 5.91 Å². The summed E-state index contributed by atoms with van der Waals surface area (Å²) in [6.07, 6.45) is 2.15. The number of halogens is 1. The topological polar surface area (TPSA) is 72.3 Å². The molecule has 4 rings (SSSR count). The average Bonchev–Trinajstić information content (AvgIpc) is 3.25. The van der Waals surface area contributed by atoms with Crippen molar-refractivity contribution in [1.29, 1.82) is 0 Å². The Kier molecular flexibility index (Phi) is 8.03. The van der Waals surface area contributed by atoms with Crippen molar-refractivity contribution in [3.8, 4) is 5.69 Å². The van der Waals surface area contributed by atoms with Crippen molar-refractivity contribution in [2.45, 2.75) is 44.3 Å². The zero-order valence-corrected chi connectivity index (χ0v) is 20.4. The molecule has 2 unspecified atom stereocenters. The highest BCUT2D eigenvalue weighted by Crippen LogP contribution is 2.21. The van der Waals surface area contributed by atoms with Gasteiger partial charge in [0.05, 0.1) is 23.6 Å². The second-order valence-corrected chi connectivity index (χ2v) is 9.68. The molecule has 1 amide bonds. The van der Waals surface area contributed by atoms with Gasteiger partial charge in [-0.25, -0.2) is 0 Å². The number of carbonyl (C=O) groups excluding carboxylic acids is 1. The van der Waals surface area contributed by atoms with Crippen LogP contribution in [0.4, 0.5) is 0 Å². The van der Waals surface area contributed by atoms with Crippen LogP contribution < -0.4 is 5.32 Å². The van der Waals surface area contributed by atoms with Crippen LogP contribution in [-0.4, -0.2) is 56.6 Å². The molecule has 0 bridgehead atoms. The van der Waals surface area contributed by atoms with Gasteiger partial charge in [0.1, 0.15) is 6.33 Å². The minimum atomic E-state index is -0.0546. The molecule has 1 fully saturated rings. The highest BCUT2D eigenvalue weighted by Gasteiger charge is 2.22. The molecule has 7 nitrogen and oxygen atoms in total. The molecule has 1 saturated heterocycles. The van der Waals surface area contributed by atoms with Crippen LogP contribution in [0.15, 0.2) is 60.0 Å². The fraction of sp³-hybridized carbons (Fsp3) is 0.375. The van der Waals surface area contributed by atoms with Crippen molar-refractivity contribution in [1.82, 2.24) is 25.0 Å². The first-order valence-corrected chi connectivity index (χ1v) is 12.3. The number of amides is 1. The normalized spacial score (nSPS) is 18.9. The SMILES string of the molecule is CC1CN(Cc2ccc(CNC(=O)CSc3nncn3-c3cccc(Cl)c3)cc2)CC(C)O1. The molecule has 1 N–H and O–H groups in total. The minimum absolute atomic E-state index is 0.0546. The van der Waals surface area contributed by atoms with E-state index in [2.05, 4.69) is 58.5 Å². The van der Waals surface area contributed by atoms with E-state index < -0.39 is 0 Å². The predicted molar refractivity (Wildman–Crippen MR) is 131 cm³/mol. The molecule has 0 radical (unpaired) electrons. The van der Waals surface area contributed by atoms with Gasteiger partial charge in [0, 0.05) is 31.2 Å². The van der Waals surface area contributed by atoms with E-state index >= 15 is 0 Å². The van der Waals surface area contributed by atoms with E-state index in [-0.39, 0.29) is 23.9 Å². The Morgan fingerprint density at radius 3 is 2.61 bits per heavy atom. The second-order valence-electron chi connectivity index (χ2n) is 8.30. The molecular formula is C24H28ClN5O2S. The Labute approximate surface area is 203 Å². The number of nitrogens with zero attached hydrogens (tertiary/aromatic N) is 4. The number of aromatic nitrogens is 3. The van der Waals surface area contributed by atoms with E-state index in [0.29, 0.717) is 16.7 Å². The first-order valence-electron chi connectivity index (χ1n) is 11.0. The van der Waals surface area contributed by atoms with Gasteiger partial charge in [-0.2, -0.15) is 0 Å². The van der Waals surface area contributed by atoms with Crippen LogP contribution in [0.5, 0.6) is 0 Å². The van der Waals surface area contributed by atoms with Gasteiger partial charge in [-0.1, -0.05) is 53.7 Å². The van der Waals surface area contributed by atoms with Gasteiger partial charge in [-0.3, -0.25) is 14.3 Å². The van der Waals surface area contributed by atoms with E-state index in [1.807, 2.05) is 28.8 Å². The number of carbonyl (C=O) groups is 1. The van der Waals surface area contributed by atoms with Crippen LogP contribution in [0.3, 0.4) is 0 Å². The fourth-order valence-corrected chi connectivity index (χ4v) is 4.89. The van der Waals surface area contributed by atoms with Crippen LogP contribution in [-0.2, 0) is 22.6 Å². The summed E-state index contributed by atoms with van der Waals surface area (Å²) in [6, 6.07) is 15.8. The molecule has 1 aliphatic rings. The van der Waals surface area contributed by atoms with Gasteiger partial charge in [0.25, 0.3) is 0 Å². The first-order chi connectivity index (χ1) is 16.0. The van der Waals surface area contributed by atoms with E-state index in [1.165, 1.54) is 17.3 Å². The van der Waals surface area contributed by atoms with Crippen molar-refractivity contribution < 1.29 is 9.53 Å². The summed E-state index contributed by atoms with van der Waals surface area (Å²) in [4.78, 5) is 14.8. The molecule has 2 aromatic carbocycles. The number of hydrogen-bond donors (Lipinski definition) is 1. The van der Waals surface area contributed by atoms with E-state index in [4.69, 9.17) is 16.3 Å². The lowest BCUT2D eigenvalue weighted by Gasteiger charge is -2.35. The summed E-state index contributed by atoms with van der Waals surface area (Å²) in [7, 11) is 0. The summed E-state index contributed by atoms with van der Waals surface area (Å²) in [5, 5.41) is 12.3. The summed E-state index contributed by atoms with van der Waals surface area (Å²) in [6.45, 7) is 7.54. The summed E-state index contributed by atoms with van der Waals surface area (Å²) in [5.41, 5.74) is 3.20. The van der Waals surface area contributed by atoms with Gasteiger partial charge in [-0.15, -0.1) is 10.2 Å². The highest BCUT2D eigenvalue weighted by atomic mass is 35.5.